The lowest BCUT2D eigenvalue weighted by molar-refractivity contribution is 0.653. The zero-order valence-corrected chi connectivity index (χ0v) is 10.3. The molecule has 1 aromatic heterocycles. The lowest BCUT2D eigenvalue weighted by Gasteiger charge is -2.04. The van der Waals surface area contributed by atoms with Gasteiger partial charge in [0.2, 0.25) is 5.95 Å². The van der Waals surface area contributed by atoms with Crippen molar-refractivity contribution in [3.8, 4) is 0 Å². The molecule has 0 atom stereocenters. The molecular weight excluding hydrogens is 254 g/mol. The van der Waals surface area contributed by atoms with Crippen molar-refractivity contribution in [2.45, 2.75) is 26.3 Å². The van der Waals surface area contributed by atoms with E-state index in [0.717, 1.165) is 34.9 Å². The first kappa shape index (κ1) is 10.5. The molecule has 0 fully saturated rings. The minimum Gasteiger partial charge on any atom is -0.369 e. The SMILES string of the molecule is CCCCn1c(N)nc2ccc(Br)cc21. The highest BCUT2D eigenvalue weighted by atomic mass is 79.9. The molecule has 1 heterocycles. The van der Waals surface area contributed by atoms with Crippen molar-refractivity contribution in [2.24, 2.45) is 0 Å². The summed E-state index contributed by atoms with van der Waals surface area (Å²) in [5.41, 5.74) is 7.95. The topological polar surface area (TPSA) is 43.8 Å². The summed E-state index contributed by atoms with van der Waals surface area (Å²) in [6, 6.07) is 6.03. The number of hydrogen-bond acceptors (Lipinski definition) is 2. The fourth-order valence-corrected chi connectivity index (χ4v) is 2.01. The number of nitrogen functional groups attached to an aromatic ring is 1. The second kappa shape index (κ2) is 4.23. The van der Waals surface area contributed by atoms with E-state index in [1.54, 1.807) is 0 Å². The van der Waals surface area contributed by atoms with Crippen LogP contribution in [0.15, 0.2) is 22.7 Å². The first-order valence-electron chi connectivity index (χ1n) is 5.13. The Morgan fingerprint density at radius 1 is 1.47 bits per heavy atom. The molecule has 0 aliphatic rings. The van der Waals surface area contributed by atoms with Gasteiger partial charge in [0, 0.05) is 11.0 Å². The predicted octanol–water partition coefficient (Wildman–Crippen LogP) is 3.18. The zero-order valence-electron chi connectivity index (χ0n) is 8.70. The highest BCUT2D eigenvalue weighted by Gasteiger charge is 2.07. The molecule has 2 aromatic rings. The van der Waals surface area contributed by atoms with Gasteiger partial charge in [-0.15, -0.1) is 0 Å². The fourth-order valence-electron chi connectivity index (χ4n) is 1.67. The average Bonchev–Trinajstić information content (AvgIpc) is 2.51. The summed E-state index contributed by atoms with van der Waals surface area (Å²) in [6.07, 6.45) is 2.29. The number of rotatable bonds is 3. The normalized spacial score (nSPS) is 11.1. The second-order valence-electron chi connectivity index (χ2n) is 3.61. The van der Waals surface area contributed by atoms with Gasteiger partial charge in [0.25, 0.3) is 0 Å². The maximum atomic E-state index is 5.88. The minimum absolute atomic E-state index is 0.608. The van der Waals surface area contributed by atoms with E-state index in [9.17, 15) is 0 Å². The minimum atomic E-state index is 0.608. The Bertz CT molecular complexity index is 476. The first-order chi connectivity index (χ1) is 7.22. The summed E-state index contributed by atoms with van der Waals surface area (Å²) < 4.78 is 3.14. The van der Waals surface area contributed by atoms with Crippen LogP contribution in [-0.2, 0) is 6.54 Å². The Kier molecular flexibility index (Phi) is 2.95. The van der Waals surface area contributed by atoms with Crippen LogP contribution < -0.4 is 5.73 Å². The van der Waals surface area contributed by atoms with Gasteiger partial charge in [0.05, 0.1) is 11.0 Å². The zero-order chi connectivity index (χ0) is 10.8. The molecule has 2 N–H and O–H groups in total. The second-order valence-corrected chi connectivity index (χ2v) is 4.52. The van der Waals surface area contributed by atoms with Crippen LogP contribution >= 0.6 is 15.9 Å². The smallest absolute Gasteiger partial charge is 0.201 e. The van der Waals surface area contributed by atoms with Crippen molar-refractivity contribution in [3.63, 3.8) is 0 Å². The number of nitrogens with two attached hydrogens (primary N) is 1. The van der Waals surface area contributed by atoms with E-state index in [1.165, 1.54) is 0 Å². The van der Waals surface area contributed by atoms with Gasteiger partial charge in [-0.2, -0.15) is 0 Å². The lowest BCUT2D eigenvalue weighted by atomic mass is 10.3. The number of hydrogen-bond donors (Lipinski definition) is 1. The van der Waals surface area contributed by atoms with Crippen molar-refractivity contribution < 1.29 is 0 Å². The molecule has 3 nitrogen and oxygen atoms in total. The van der Waals surface area contributed by atoms with E-state index >= 15 is 0 Å². The summed E-state index contributed by atoms with van der Waals surface area (Å²) in [7, 11) is 0. The standard InChI is InChI=1S/C11H14BrN3/c1-2-3-6-15-10-7-8(12)4-5-9(10)14-11(15)13/h4-5,7H,2-3,6H2,1H3,(H2,13,14). The van der Waals surface area contributed by atoms with E-state index < -0.39 is 0 Å². The number of benzene rings is 1. The fraction of sp³-hybridized carbons (Fsp3) is 0.364. The molecule has 4 heteroatoms. The van der Waals surface area contributed by atoms with Crippen LogP contribution in [0.3, 0.4) is 0 Å². The van der Waals surface area contributed by atoms with Gasteiger partial charge in [0.15, 0.2) is 0 Å². The molecule has 0 bridgehead atoms. The van der Waals surface area contributed by atoms with Crippen LogP contribution in [0.25, 0.3) is 11.0 Å². The van der Waals surface area contributed by atoms with Crippen LogP contribution in [0.5, 0.6) is 0 Å². The molecule has 0 spiro atoms. The Morgan fingerprint density at radius 2 is 2.27 bits per heavy atom. The monoisotopic (exact) mass is 267 g/mol. The summed E-state index contributed by atoms with van der Waals surface area (Å²) in [6.45, 7) is 3.11. The number of aromatic nitrogens is 2. The van der Waals surface area contributed by atoms with E-state index in [0.29, 0.717) is 5.95 Å². The van der Waals surface area contributed by atoms with Crippen molar-refractivity contribution in [2.75, 3.05) is 5.73 Å². The maximum absolute atomic E-state index is 5.88. The molecular formula is C11H14BrN3. The van der Waals surface area contributed by atoms with Gasteiger partial charge >= 0.3 is 0 Å². The number of aryl methyl sites for hydroxylation is 1. The third kappa shape index (κ3) is 2.00. The molecule has 0 amide bonds. The van der Waals surface area contributed by atoms with Gasteiger partial charge in [-0.25, -0.2) is 4.98 Å². The number of halogens is 1. The third-order valence-corrected chi connectivity index (χ3v) is 2.97. The molecule has 1 aromatic carbocycles. The Balaban J connectivity index is 2.50. The van der Waals surface area contributed by atoms with Crippen molar-refractivity contribution >= 4 is 32.9 Å². The maximum Gasteiger partial charge on any atom is 0.201 e. The number of imidazole rings is 1. The van der Waals surface area contributed by atoms with Crippen LogP contribution in [0, 0.1) is 0 Å². The van der Waals surface area contributed by atoms with Gasteiger partial charge in [-0.3, -0.25) is 0 Å². The van der Waals surface area contributed by atoms with Crippen molar-refractivity contribution in [1.29, 1.82) is 0 Å². The molecule has 15 heavy (non-hydrogen) atoms. The van der Waals surface area contributed by atoms with E-state index in [4.69, 9.17) is 5.73 Å². The highest BCUT2D eigenvalue weighted by molar-refractivity contribution is 9.10. The van der Waals surface area contributed by atoms with Gasteiger partial charge in [-0.1, -0.05) is 29.3 Å². The highest BCUT2D eigenvalue weighted by Crippen LogP contribution is 2.22. The molecule has 0 radical (unpaired) electrons. The molecule has 0 saturated carbocycles. The lowest BCUT2D eigenvalue weighted by Crippen LogP contribution is -2.02. The number of fused-ring (bicyclic) bond motifs is 1. The largest absolute Gasteiger partial charge is 0.369 e. The predicted molar refractivity (Wildman–Crippen MR) is 66.8 cm³/mol. The van der Waals surface area contributed by atoms with E-state index in [1.807, 2.05) is 12.1 Å². The summed E-state index contributed by atoms with van der Waals surface area (Å²) in [5, 5.41) is 0. The Morgan fingerprint density at radius 3 is 3.00 bits per heavy atom. The van der Waals surface area contributed by atoms with E-state index in [-0.39, 0.29) is 0 Å². The summed E-state index contributed by atoms with van der Waals surface area (Å²) in [4.78, 5) is 4.33. The van der Waals surface area contributed by atoms with Crippen LogP contribution in [-0.4, -0.2) is 9.55 Å². The number of unbranched alkanes of at least 4 members (excludes halogenated alkanes) is 1. The average molecular weight is 268 g/mol. The summed E-state index contributed by atoms with van der Waals surface area (Å²) >= 11 is 3.46. The molecule has 0 unspecified atom stereocenters. The van der Waals surface area contributed by atoms with Crippen LogP contribution in [0.1, 0.15) is 19.8 Å². The third-order valence-electron chi connectivity index (χ3n) is 2.48. The Labute approximate surface area is 97.4 Å². The number of anilines is 1. The molecule has 2 rings (SSSR count). The first-order valence-corrected chi connectivity index (χ1v) is 5.93. The quantitative estimate of drug-likeness (QED) is 0.929. The van der Waals surface area contributed by atoms with Crippen molar-refractivity contribution in [3.05, 3.63) is 22.7 Å². The van der Waals surface area contributed by atoms with Crippen LogP contribution in [0.4, 0.5) is 5.95 Å². The molecule has 0 saturated heterocycles. The molecule has 0 aliphatic carbocycles. The molecule has 80 valence electrons. The van der Waals surface area contributed by atoms with Gasteiger partial charge in [0.1, 0.15) is 0 Å². The van der Waals surface area contributed by atoms with Gasteiger partial charge < -0.3 is 10.3 Å². The Hall–Kier alpha value is -1.03. The van der Waals surface area contributed by atoms with Crippen LogP contribution in [0.2, 0.25) is 0 Å². The van der Waals surface area contributed by atoms with Gasteiger partial charge in [-0.05, 0) is 24.6 Å². The number of nitrogens with zero attached hydrogens (tertiary/aromatic N) is 2. The van der Waals surface area contributed by atoms with Crippen molar-refractivity contribution in [1.82, 2.24) is 9.55 Å². The molecule has 0 aliphatic heterocycles. The summed E-state index contributed by atoms with van der Waals surface area (Å²) in [5.74, 6) is 0.608. The van der Waals surface area contributed by atoms with E-state index in [2.05, 4.69) is 38.5 Å².